The van der Waals surface area contributed by atoms with Crippen LogP contribution in [-0.2, 0) is 7.05 Å². The monoisotopic (exact) mass is 423 g/mol. The van der Waals surface area contributed by atoms with Crippen molar-refractivity contribution in [1.29, 1.82) is 0 Å². The maximum Gasteiger partial charge on any atom is 0.276 e. The third kappa shape index (κ3) is 4.36. The molecule has 0 saturated carbocycles. The van der Waals surface area contributed by atoms with Gasteiger partial charge in [0.2, 0.25) is 0 Å². The number of pyridine rings is 1. The number of nitrogen functional groups attached to an aromatic ring is 1. The Hall–Kier alpha value is -3.46. The van der Waals surface area contributed by atoms with Crippen LogP contribution in [0.2, 0.25) is 0 Å². The van der Waals surface area contributed by atoms with Gasteiger partial charge in [0.25, 0.3) is 5.91 Å². The first-order valence-electron chi connectivity index (χ1n) is 10.3. The number of benzene rings is 1. The predicted molar refractivity (Wildman–Crippen MR) is 119 cm³/mol. The molecule has 3 heterocycles. The molecule has 1 aliphatic rings. The number of nitrogens with two attached hydrogens (primary N) is 2. The zero-order chi connectivity index (χ0) is 22.0. The smallest absolute Gasteiger partial charge is 0.276 e. The maximum atomic E-state index is 14.2. The van der Waals surface area contributed by atoms with Gasteiger partial charge in [-0.25, -0.2) is 9.37 Å². The molecular formula is C22H26FN7O. The minimum atomic E-state index is -0.482. The van der Waals surface area contributed by atoms with E-state index in [4.69, 9.17) is 11.5 Å². The summed E-state index contributed by atoms with van der Waals surface area (Å²) < 4.78 is 15.9. The Kier molecular flexibility index (Phi) is 5.85. The molecule has 162 valence electrons. The number of nitrogens with one attached hydrogen (secondary N) is 1. The first kappa shape index (κ1) is 20.8. The van der Waals surface area contributed by atoms with Gasteiger partial charge in [-0.15, -0.1) is 0 Å². The quantitative estimate of drug-likeness (QED) is 0.594. The number of carbonyl (C=O) groups is 1. The lowest BCUT2D eigenvalue weighted by molar-refractivity contribution is 0.102. The molecule has 0 spiro atoms. The number of rotatable bonds is 4. The molecule has 0 bridgehead atoms. The van der Waals surface area contributed by atoms with Crippen molar-refractivity contribution in [3.05, 3.63) is 54.1 Å². The lowest BCUT2D eigenvalue weighted by atomic mass is 10.1. The molecule has 1 amide bonds. The molecule has 1 fully saturated rings. The normalized spacial score (nSPS) is 16.7. The van der Waals surface area contributed by atoms with Crippen LogP contribution >= 0.6 is 0 Å². The highest BCUT2D eigenvalue weighted by Crippen LogP contribution is 2.29. The van der Waals surface area contributed by atoms with E-state index in [0.717, 1.165) is 31.6 Å². The second-order valence-corrected chi connectivity index (χ2v) is 7.78. The number of aromatic nitrogens is 3. The fraction of sp³-hybridized carbons (Fsp3) is 0.318. The minimum absolute atomic E-state index is 0.0307. The largest absolute Gasteiger partial charge is 0.397 e. The van der Waals surface area contributed by atoms with Crippen LogP contribution in [0.5, 0.6) is 0 Å². The fourth-order valence-corrected chi connectivity index (χ4v) is 3.91. The number of halogens is 1. The summed E-state index contributed by atoms with van der Waals surface area (Å²) in [4.78, 5) is 19.5. The lowest BCUT2D eigenvalue weighted by Gasteiger charge is -2.26. The van der Waals surface area contributed by atoms with Crippen LogP contribution < -0.4 is 21.7 Å². The Morgan fingerprint density at radius 1 is 1.23 bits per heavy atom. The highest BCUT2D eigenvalue weighted by molar-refractivity contribution is 6.07. The van der Waals surface area contributed by atoms with Crippen LogP contribution in [0.25, 0.3) is 11.3 Å². The van der Waals surface area contributed by atoms with Gasteiger partial charge >= 0.3 is 0 Å². The zero-order valence-electron chi connectivity index (χ0n) is 17.4. The summed E-state index contributed by atoms with van der Waals surface area (Å²) in [7, 11) is 1.83. The van der Waals surface area contributed by atoms with Gasteiger partial charge in [-0.2, -0.15) is 5.10 Å². The maximum absolute atomic E-state index is 14.2. The van der Waals surface area contributed by atoms with Gasteiger partial charge in [0.1, 0.15) is 11.5 Å². The Balaban J connectivity index is 1.62. The van der Waals surface area contributed by atoms with Crippen molar-refractivity contribution in [2.75, 3.05) is 29.0 Å². The molecule has 1 atom stereocenters. The van der Waals surface area contributed by atoms with E-state index in [2.05, 4.69) is 20.3 Å². The van der Waals surface area contributed by atoms with Gasteiger partial charge in [0, 0.05) is 31.7 Å². The van der Waals surface area contributed by atoms with E-state index in [9.17, 15) is 9.18 Å². The SMILES string of the molecule is Cn1ncc(NC(=O)c2nc(-c3ccccc3F)ccc2N)c1N1CCCCC(N)C1. The summed E-state index contributed by atoms with van der Waals surface area (Å²) in [6.07, 6.45) is 4.66. The first-order chi connectivity index (χ1) is 14.9. The average Bonchev–Trinajstić information content (AvgIpc) is 2.96. The number of anilines is 3. The molecule has 1 unspecified atom stereocenters. The van der Waals surface area contributed by atoms with Crippen LogP contribution in [0.15, 0.2) is 42.6 Å². The molecule has 1 aliphatic heterocycles. The van der Waals surface area contributed by atoms with Gasteiger partial charge in [0.05, 0.1) is 17.6 Å². The van der Waals surface area contributed by atoms with E-state index in [1.54, 1.807) is 41.2 Å². The van der Waals surface area contributed by atoms with Crippen LogP contribution in [0, 0.1) is 5.82 Å². The van der Waals surface area contributed by atoms with Gasteiger partial charge < -0.3 is 21.7 Å². The molecule has 0 aliphatic carbocycles. The predicted octanol–water partition coefficient (Wildman–Crippen LogP) is 2.77. The van der Waals surface area contributed by atoms with Gasteiger partial charge in [-0.05, 0) is 37.1 Å². The van der Waals surface area contributed by atoms with Crippen LogP contribution in [0.1, 0.15) is 29.8 Å². The molecule has 8 nitrogen and oxygen atoms in total. The van der Waals surface area contributed by atoms with Crippen molar-refractivity contribution >= 4 is 23.1 Å². The summed E-state index contributed by atoms with van der Waals surface area (Å²) >= 11 is 0. The topological polar surface area (TPSA) is 115 Å². The number of aryl methyl sites for hydroxylation is 1. The second kappa shape index (κ2) is 8.73. The Morgan fingerprint density at radius 3 is 2.84 bits per heavy atom. The highest BCUT2D eigenvalue weighted by Gasteiger charge is 2.23. The van der Waals surface area contributed by atoms with Crippen LogP contribution in [0.3, 0.4) is 0 Å². The van der Waals surface area contributed by atoms with E-state index in [1.165, 1.54) is 6.07 Å². The summed E-state index contributed by atoms with van der Waals surface area (Å²) in [6.45, 7) is 1.52. The van der Waals surface area contributed by atoms with Crippen molar-refractivity contribution in [3.8, 4) is 11.3 Å². The van der Waals surface area contributed by atoms with Crippen molar-refractivity contribution in [2.24, 2.45) is 12.8 Å². The van der Waals surface area contributed by atoms with Gasteiger partial charge in [0.15, 0.2) is 11.5 Å². The molecule has 1 saturated heterocycles. The van der Waals surface area contributed by atoms with Gasteiger partial charge in [-0.3, -0.25) is 9.48 Å². The summed E-state index contributed by atoms with van der Waals surface area (Å²) in [5.41, 5.74) is 13.7. The fourth-order valence-electron chi connectivity index (χ4n) is 3.91. The Labute approximate surface area is 180 Å². The van der Waals surface area contributed by atoms with E-state index in [0.29, 0.717) is 23.5 Å². The molecule has 31 heavy (non-hydrogen) atoms. The minimum Gasteiger partial charge on any atom is -0.397 e. The van der Waals surface area contributed by atoms with E-state index in [1.807, 2.05) is 7.05 Å². The summed E-state index contributed by atoms with van der Waals surface area (Å²) in [5.74, 6) is -0.114. The number of nitrogens with zero attached hydrogens (tertiary/aromatic N) is 4. The molecule has 0 radical (unpaired) electrons. The zero-order valence-corrected chi connectivity index (χ0v) is 17.4. The van der Waals surface area contributed by atoms with Crippen LogP contribution in [-0.4, -0.2) is 39.8 Å². The van der Waals surface area contributed by atoms with E-state index >= 15 is 0 Å². The molecule has 9 heteroatoms. The number of hydrogen-bond acceptors (Lipinski definition) is 6. The van der Waals surface area contributed by atoms with E-state index < -0.39 is 11.7 Å². The average molecular weight is 423 g/mol. The summed E-state index contributed by atoms with van der Waals surface area (Å²) in [6, 6.07) is 9.49. The third-order valence-electron chi connectivity index (χ3n) is 5.45. The number of hydrogen-bond donors (Lipinski definition) is 3. The number of amides is 1. The third-order valence-corrected chi connectivity index (χ3v) is 5.45. The van der Waals surface area contributed by atoms with E-state index in [-0.39, 0.29) is 17.4 Å². The number of carbonyl (C=O) groups excluding carboxylic acids is 1. The van der Waals surface area contributed by atoms with Crippen molar-refractivity contribution in [2.45, 2.75) is 25.3 Å². The molecule has 1 aromatic carbocycles. The highest BCUT2D eigenvalue weighted by atomic mass is 19.1. The Bertz CT molecular complexity index is 1100. The molecule has 4 rings (SSSR count). The van der Waals surface area contributed by atoms with Gasteiger partial charge in [-0.1, -0.05) is 18.6 Å². The first-order valence-corrected chi connectivity index (χ1v) is 10.3. The molecule has 3 aromatic rings. The van der Waals surface area contributed by atoms with Crippen molar-refractivity contribution in [3.63, 3.8) is 0 Å². The molecular weight excluding hydrogens is 397 g/mol. The molecule has 5 N–H and O–H groups in total. The summed E-state index contributed by atoms with van der Waals surface area (Å²) in [5, 5.41) is 7.18. The van der Waals surface area contributed by atoms with Crippen molar-refractivity contribution in [1.82, 2.24) is 14.8 Å². The van der Waals surface area contributed by atoms with Crippen molar-refractivity contribution < 1.29 is 9.18 Å². The Morgan fingerprint density at radius 2 is 2.03 bits per heavy atom. The van der Waals surface area contributed by atoms with Crippen LogP contribution in [0.4, 0.5) is 21.6 Å². The lowest BCUT2D eigenvalue weighted by Crippen LogP contribution is -2.37. The standard InChI is InChI=1S/C22H26FN7O/c1-29-22(30-11-5-4-6-14(24)13-30)19(12-26-29)28-21(31)20-17(25)9-10-18(27-20)15-7-2-3-8-16(15)23/h2-3,7-10,12,14H,4-6,11,13,24-25H2,1H3,(H,28,31). The second-order valence-electron chi connectivity index (χ2n) is 7.78. The molecule has 2 aromatic heterocycles.